The minimum absolute atomic E-state index is 0. The molecule has 1 aliphatic carbocycles. The summed E-state index contributed by atoms with van der Waals surface area (Å²) in [6, 6.07) is 8.05. The number of fused-ring (bicyclic) bond motifs is 1. The van der Waals surface area contributed by atoms with Gasteiger partial charge < -0.3 is 4.79 Å². The Balaban J connectivity index is 0.000000845. The van der Waals surface area contributed by atoms with Crippen LogP contribution in [0.2, 0.25) is 0 Å². The lowest BCUT2D eigenvalue weighted by Crippen LogP contribution is -2.04. The molecule has 1 atom stereocenters. The SMILES string of the molecule is O=CC1CC=Cc2ccccc21.[H+]. The summed E-state index contributed by atoms with van der Waals surface area (Å²) in [4.78, 5) is 10.7. The van der Waals surface area contributed by atoms with Crippen LogP contribution in [0, 0.1) is 0 Å². The van der Waals surface area contributed by atoms with Gasteiger partial charge in [-0.1, -0.05) is 36.4 Å². The van der Waals surface area contributed by atoms with Crippen LogP contribution < -0.4 is 0 Å². The van der Waals surface area contributed by atoms with E-state index in [-0.39, 0.29) is 7.34 Å². The van der Waals surface area contributed by atoms with E-state index in [1.165, 1.54) is 5.56 Å². The summed E-state index contributed by atoms with van der Waals surface area (Å²) in [7, 11) is 0. The van der Waals surface area contributed by atoms with Gasteiger partial charge in [-0.2, -0.15) is 0 Å². The first-order chi connectivity index (χ1) is 5.92. The largest absolute Gasteiger partial charge is 1.00 e. The molecule has 60 valence electrons. The van der Waals surface area contributed by atoms with Crippen LogP contribution >= 0.6 is 0 Å². The fourth-order valence-electron chi connectivity index (χ4n) is 1.60. The first-order valence-corrected chi connectivity index (χ1v) is 4.12. The number of carbonyl (C=O) groups excluding carboxylic acids is 1. The maximum absolute atomic E-state index is 10.7. The summed E-state index contributed by atoms with van der Waals surface area (Å²) >= 11 is 0. The molecule has 0 aliphatic heterocycles. The molecule has 12 heavy (non-hydrogen) atoms. The van der Waals surface area contributed by atoms with Crippen molar-refractivity contribution in [1.82, 2.24) is 0 Å². The van der Waals surface area contributed by atoms with E-state index >= 15 is 0 Å². The van der Waals surface area contributed by atoms with Gasteiger partial charge in [0, 0.05) is 5.92 Å². The number of benzene rings is 1. The molecule has 0 aromatic heterocycles. The number of aldehydes is 1. The maximum Gasteiger partial charge on any atom is 1.00 e. The highest BCUT2D eigenvalue weighted by atomic mass is 16.1. The lowest BCUT2D eigenvalue weighted by atomic mass is 9.88. The molecule has 1 aliphatic rings. The first kappa shape index (κ1) is 7.29. The van der Waals surface area contributed by atoms with Crippen LogP contribution in [0.1, 0.15) is 24.9 Å². The third-order valence-electron chi connectivity index (χ3n) is 2.25. The summed E-state index contributed by atoms with van der Waals surface area (Å²) in [6.07, 6.45) is 6.01. The average Bonchev–Trinajstić information content (AvgIpc) is 2.17. The van der Waals surface area contributed by atoms with Gasteiger partial charge in [0.25, 0.3) is 0 Å². The molecular formula is C11H11O+. The van der Waals surface area contributed by atoms with Crippen LogP contribution in [-0.2, 0) is 4.79 Å². The van der Waals surface area contributed by atoms with Crippen molar-refractivity contribution in [1.29, 1.82) is 0 Å². The van der Waals surface area contributed by atoms with E-state index < -0.39 is 0 Å². The second-order valence-electron chi connectivity index (χ2n) is 3.01. The number of carbonyl (C=O) groups is 1. The summed E-state index contributed by atoms with van der Waals surface area (Å²) in [5.41, 5.74) is 2.34. The molecule has 1 aromatic rings. The van der Waals surface area contributed by atoms with Gasteiger partial charge >= 0.3 is 1.43 Å². The van der Waals surface area contributed by atoms with E-state index in [9.17, 15) is 4.79 Å². The van der Waals surface area contributed by atoms with Gasteiger partial charge in [-0.15, -0.1) is 0 Å². The molecule has 0 radical (unpaired) electrons. The Morgan fingerprint density at radius 3 is 3.08 bits per heavy atom. The molecular weight excluding hydrogens is 148 g/mol. The molecule has 0 spiro atoms. The molecule has 0 N–H and O–H groups in total. The molecule has 0 saturated carbocycles. The molecule has 0 saturated heterocycles. The van der Waals surface area contributed by atoms with Crippen LogP contribution in [0.3, 0.4) is 0 Å². The highest BCUT2D eigenvalue weighted by Gasteiger charge is 2.14. The third kappa shape index (κ3) is 1.07. The zero-order valence-electron chi connectivity index (χ0n) is 7.73. The molecule has 1 unspecified atom stereocenters. The molecule has 0 heterocycles. The minimum Gasteiger partial charge on any atom is -0.303 e. The zero-order valence-corrected chi connectivity index (χ0v) is 6.73. The predicted molar refractivity (Wildman–Crippen MR) is 50.0 cm³/mol. The van der Waals surface area contributed by atoms with Crippen molar-refractivity contribution in [3.05, 3.63) is 41.5 Å². The highest BCUT2D eigenvalue weighted by Crippen LogP contribution is 2.27. The fourth-order valence-corrected chi connectivity index (χ4v) is 1.60. The zero-order chi connectivity index (χ0) is 8.39. The Labute approximate surface area is 73.2 Å². The Morgan fingerprint density at radius 1 is 1.42 bits per heavy atom. The Morgan fingerprint density at radius 2 is 2.25 bits per heavy atom. The molecule has 2 rings (SSSR count). The number of hydrogen-bond acceptors (Lipinski definition) is 1. The van der Waals surface area contributed by atoms with E-state index in [1.807, 2.05) is 24.3 Å². The van der Waals surface area contributed by atoms with Gasteiger partial charge in [-0.25, -0.2) is 0 Å². The molecule has 0 bridgehead atoms. The van der Waals surface area contributed by atoms with Crippen molar-refractivity contribution in [3.63, 3.8) is 0 Å². The number of allylic oxidation sites excluding steroid dienone is 1. The van der Waals surface area contributed by atoms with Crippen LogP contribution in [0.5, 0.6) is 0 Å². The van der Waals surface area contributed by atoms with Crippen LogP contribution in [0.25, 0.3) is 6.08 Å². The van der Waals surface area contributed by atoms with Gasteiger partial charge in [0.2, 0.25) is 0 Å². The van der Waals surface area contributed by atoms with Gasteiger partial charge in [-0.3, -0.25) is 0 Å². The van der Waals surface area contributed by atoms with Crippen LogP contribution in [0.15, 0.2) is 30.3 Å². The van der Waals surface area contributed by atoms with Crippen molar-refractivity contribution >= 4 is 12.4 Å². The third-order valence-corrected chi connectivity index (χ3v) is 2.25. The summed E-state index contributed by atoms with van der Waals surface area (Å²) in [5, 5.41) is 0. The maximum atomic E-state index is 10.7. The van der Waals surface area contributed by atoms with Crippen molar-refractivity contribution in [3.8, 4) is 0 Å². The van der Waals surface area contributed by atoms with Gasteiger partial charge in [-0.05, 0) is 17.5 Å². The summed E-state index contributed by atoms with van der Waals surface area (Å²) < 4.78 is 0. The summed E-state index contributed by atoms with van der Waals surface area (Å²) in [5.74, 6) is 0.0752. The van der Waals surface area contributed by atoms with Gasteiger partial charge in [0.05, 0.1) is 0 Å². The Bertz CT molecular complexity index is 331. The molecule has 0 fully saturated rings. The molecule has 1 nitrogen and oxygen atoms in total. The first-order valence-electron chi connectivity index (χ1n) is 4.12. The van der Waals surface area contributed by atoms with E-state index in [0.29, 0.717) is 0 Å². The molecule has 0 amide bonds. The van der Waals surface area contributed by atoms with E-state index in [1.54, 1.807) is 0 Å². The standard InChI is InChI=1S/C11H10O/c12-8-10-6-3-5-9-4-1-2-7-11(9)10/h1-5,7-8,10H,6H2/p+1. The Hall–Kier alpha value is -1.37. The predicted octanol–water partition coefficient (Wildman–Crippen LogP) is 2.50. The lowest BCUT2D eigenvalue weighted by Gasteiger charge is -2.15. The average molecular weight is 159 g/mol. The lowest BCUT2D eigenvalue weighted by molar-refractivity contribution is -0.109. The highest BCUT2D eigenvalue weighted by molar-refractivity contribution is 5.70. The fraction of sp³-hybridized carbons (Fsp3) is 0.182. The van der Waals surface area contributed by atoms with E-state index in [2.05, 4.69) is 12.2 Å². The quantitative estimate of drug-likeness (QED) is 0.575. The van der Waals surface area contributed by atoms with Crippen molar-refractivity contribution in [2.75, 3.05) is 0 Å². The topological polar surface area (TPSA) is 17.1 Å². The smallest absolute Gasteiger partial charge is 0.303 e. The van der Waals surface area contributed by atoms with Gasteiger partial charge in [0.1, 0.15) is 6.29 Å². The second kappa shape index (κ2) is 2.94. The van der Waals surface area contributed by atoms with Crippen molar-refractivity contribution < 1.29 is 6.22 Å². The molecule has 1 aromatic carbocycles. The van der Waals surface area contributed by atoms with E-state index in [4.69, 9.17) is 0 Å². The van der Waals surface area contributed by atoms with Crippen molar-refractivity contribution in [2.24, 2.45) is 0 Å². The monoisotopic (exact) mass is 159 g/mol. The van der Waals surface area contributed by atoms with Crippen LogP contribution in [-0.4, -0.2) is 6.29 Å². The van der Waals surface area contributed by atoms with Gasteiger partial charge in [0.15, 0.2) is 0 Å². The van der Waals surface area contributed by atoms with Crippen LogP contribution in [0.4, 0.5) is 0 Å². The second-order valence-corrected chi connectivity index (χ2v) is 3.01. The van der Waals surface area contributed by atoms with E-state index in [0.717, 1.165) is 18.3 Å². The minimum atomic E-state index is 0. The number of hydrogen-bond donors (Lipinski definition) is 0. The van der Waals surface area contributed by atoms with Crippen molar-refractivity contribution in [2.45, 2.75) is 12.3 Å². The Kier molecular flexibility index (Phi) is 1.78. The molecule has 1 heteroatoms. The number of rotatable bonds is 1. The normalized spacial score (nSPS) is 20.2. The summed E-state index contributed by atoms with van der Waals surface area (Å²) in [6.45, 7) is 0.